The summed E-state index contributed by atoms with van der Waals surface area (Å²) in [5.41, 5.74) is 3.58. The molecule has 0 saturated heterocycles. The fourth-order valence-corrected chi connectivity index (χ4v) is 3.01. The molecule has 1 aliphatic rings. The molecule has 0 unspecified atom stereocenters. The average Bonchev–Trinajstić information content (AvgIpc) is 2.89. The Morgan fingerprint density at radius 2 is 2.19 bits per heavy atom. The zero-order chi connectivity index (χ0) is 15.0. The van der Waals surface area contributed by atoms with Crippen molar-refractivity contribution in [3.8, 4) is 0 Å². The molecule has 4 heteroatoms. The minimum atomic E-state index is 0.0619. The number of amides is 1. The molecule has 0 fully saturated rings. The van der Waals surface area contributed by atoms with Gasteiger partial charge in [0.1, 0.15) is 0 Å². The minimum absolute atomic E-state index is 0.0619. The Hall–Kier alpha value is -1.74. The van der Waals surface area contributed by atoms with E-state index in [1.807, 2.05) is 43.1 Å². The maximum Gasteiger partial charge on any atom is 0.225 e. The maximum absolute atomic E-state index is 12.0. The molecule has 1 aliphatic heterocycles. The summed E-state index contributed by atoms with van der Waals surface area (Å²) in [6.45, 7) is 5.38. The van der Waals surface area contributed by atoms with Crippen molar-refractivity contribution in [3.63, 3.8) is 0 Å². The number of aromatic amines is 1. The summed E-state index contributed by atoms with van der Waals surface area (Å²) in [5.74, 6) is 0.291. The number of rotatable bonds is 2. The van der Waals surface area contributed by atoms with Gasteiger partial charge in [0.2, 0.25) is 5.91 Å². The number of aromatic nitrogens is 1. The molecule has 1 aromatic carbocycles. The SMILES string of the molecule is CC(C)C(=O)N1CC=C(c2c[nH]c3ccc(Cl)cc23)CC1. The van der Waals surface area contributed by atoms with Gasteiger partial charge in [0.25, 0.3) is 0 Å². The first kappa shape index (κ1) is 14.2. The van der Waals surface area contributed by atoms with Crippen molar-refractivity contribution in [2.24, 2.45) is 5.92 Å². The van der Waals surface area contributed by atoms with Crippen molar-refractivity contribution in [2.75, 3.05) is 13.1 Å². The molecule has 0 aliphatic carbocycles. The van der Waals surface area contributed by atoms with Gasteiger partial charge in [0, 0.05) is 46.7 Å². The van der Waals surface area contributed by atoms with Gasteiger partial charge in [-0.25, -0.2) is 0 Å². The van der Waals surface area contributed by atoms with Crippen molar-refractivity contribution in [3.05, 3.63) is 41.1 Å². The number of carbonyl (C=O) groups excluding carboxylic acids is 1. The summed E-state index contributed by atoms with van der Waals surface area (Å²) in [6, 6.07) is 5.89. The zero-order valence-corrected chi connectivity index (χ0v) is 13.1. The highest BCUT2D eigenvalue weighted by atomic mass is 35.5. The first-order chi connectivity index (χ1) is 10.1. The maximum atomic E-state index is 12.0. The van der Waals surface area contributed by atoms with Crippen LogP contribution in [0, 0.1) is 5.92 Å². The molecule has 1 amide bonds. The summed E-state index contributed by atoms with van der Waals surface area (Å²) in [6.07, 6.45) is 5.08. The van der Waals surface area contributed by atoms with Crippen LogP contribution in [0.5, 0.6) is 0 Å². The normalized spacial score (nSPS) is 15.6. The second kappa shape index (κ2) is 5.57. The van der Waals surface area contributed by atoms with E-state index in [0.29, 0.717) is 6.54 Å². The number of carbonyl (C=O) groups is 1. The van der Waals surface area contributed by atoms with E-state index in [1.54, 1.807) is 0 Å². The second-order valence-electron chi connectivity index (χ2n) is 5.81. The summed E-state index contributed by atoms with van der Waals surface area (Å²) in [4.78, 5) is 17.2. The highest BCUT2D eigenvalue weighted by molar-refractivity contribution is 6.31. The largest absolute Gasteiger partial charge is 0.361 e. The number of fused-ring (bicyclic) bond motifs is 1. The second-order valence-corrected chi connectivity index (χ2v) is 6.25. The van der Waals surface area contributed by atoms with Gasteiger partial charge in [0.15, 0.2) is 0 Å². The number of nitrogens with zero attached hydrogens (tertiary/aromatic N) is 1. The minimum Gasteiger partial charge on any atom is -0.361 e. The van der Waals surface area contributed by atoms with Crippen molar-refractivity contribution in [1.82, 2.24) is 9.88 Å². The predicted molar refractivity (Wildman–Crippen MR) is 87.3 cm³/mol. The summed E-state index contributed by atoms with van der Waals surface area (Å²) >= 11 is 6.10. The molecule has 1 N–H and O–H groups in total. The van der Waals surface area contributed by atoms with E-state index in [1.165, 1.54) is 11.1 Å². The van der Waals surface area contributed by atoms with Crippen LogP contribution in [0.15, 0.2) is 30.5 Å². The molecule has 2 aromatic rings. The van der Waals surface area contributed by atoms with E-state index in [9.17, 15) is 4.79 Å². The number of nitrogens with one attached hydrogen (secondary N) is 1. The molecule has 0 atom stereocenters. The first-order valence-electron chi connectivity index (χ1n) is 7.31. The number of hydrogen-bond acceptors (Lipinski definition) is 1. The first-order valence-corrected chi connectivity index (χ1v) is 7.69. The molecule has 21 heavy (non-hydrogen) atoms. The van der Waals surface area contributed by atoms with Gasteiger partial charge in [0.05, 0.1) is 0 Å². The molecular formula is C17H19ClN2O. The fraction of sp³-hybridized carbons (Fsp3) is 0.353. The summed E-state index contributed by atoms with van der Waals surface area (Å²) in [5, 5.41) is 1.90. The van der Waals surface area contributed by atoms with Crippen LogP contribution in [0.4, 0.5) is 0 Å². The number of halogens is 1. The number of benzene rings is 1. The Morgan fingerprint density at radius 1 is 1.38 bits per heavy atom. The third-order valence-corrected chi connectivity index (χ3v) is 4.24. The molecule has 3 nitrogen and oxygen atoms in total. The summed E-state index contributed by atoms with van der Waals surface area (Å²) < 4.78 is 0. The molecule has 110 valence electrons. The Labute approximate surface area is 129 Å². The van der Waals surface area contributed by atoms with E-state index < -0.39 is 0 Å². The van der Waals surface area contributed by atoms with E-state index in [0.717, 1.165) is 28.9 Å². The van der Waals surface area contributed by atoms with Crippen LogP contribution < -0.4 is 0 Å². The molecule has 0 saturated carbocycles. The van der Waals surface area contributed by atoms with Gasteiger partial charge in [-0.1, -0.05) is 31.5 Å². The molecule has 3 rings (SSSR count). The quantitative estimate of drug-likeness (QED) is 0.891. The molecule has 0 bridgehead atoms. The monoisotopic (exact) mass is 302 g/mol. The Kier molecular flexibility index (Phi) is 3.77. The zero-order valence-electron chi connectivity index (χ0n) is 12.3. The van der Waals surface area contributed by atoms with E-state index in [4.69, 9.17) is 11.6 Å². The van der Waals surface area contributed by atoms with Crippen molar-refractivity contribution < 1.29 is 4.79 Å². The van der Waals surface area contributed by atoms with Gasteiger partial charge in [-0.15, -0.1) is 0 Å². The van der Waals surface area contributed by atoms with E-state index >= 15 is 0 Å². The standard InChI is InChI=1S/C17H19ClN2O/c1-11(2)17(21)20-7-5-12(6-8-20)15-10-19-16-4-3-13(18)9-14(15)16/h3-5,9-11,19H,6-8H2,1-2H3. The van der Waals surface area contributed by atoms with Crippen molar-refractivity contribution in [1.29, 1.82) is 0 Å². The molecule has 0 radical (unpaired) electrons. The van der Waals surface area contributed by atoms with Crippen LogP contribution in [0.3, 0.4) is 0 Å². The van der Waals surface area contributed by atoms with Gasteiger partial charge in [-0.05, 0) is 30.2 Å². The Balaban J connectivity index is 1.88. The lowest BCUT2D eigenvalue weighted by molar-refractivity contribution is -0.134. The number of H-pyrrole nitrogens is 1. The third-order valence-electron chi connectivity index (χ3n) is 4.00. The highest BCUT2D eigenvalue weighted by Crippen LogP contribution is 2.31. The van der Waals surface area contributed by atoms with Crippen LogP contribution >= 0.6 is 11.6 Å². The van der Waals surface area contributed by atoms with Crippen LogP contribution in [0.2, 0.25) is 5.02 Å². The Morgan fingerprint density at radius 3 is 2.86 bits per heavy atom. The van der Waals surface area contributed by atoms with Crippen molar-refractivity contribution >= 4 is 34.0 Å². The topological polar surface area (TPSA) is 36.1 Å². The molecule has 1 aromatic heterocycles. The predicted octanol–water partition coefficient (Wildman–Crippen LogP) is 4.09. The average molecular weight is 303 g/mol. The van der Waals surface area contributed by atoms with Gasteiger partial charge in [-0.3, -0.25) is 4.79 Å². The molecule has 2 heterocycles. The molecular weight excluding hydrogens is 284 g/mol. The molecule has 0 spiro atoms. The summed E-state index contributed by atoms with van der Waals surface area (Å²) in [7, 11) is 0. The lowest BCUT2D eigenvalue weighted by Crippen LogP contribution is -2.37. The lowest BCUT2D eigenvalue weighted by atomic mass is 9.98. The van der Waals surface area contributed by atoms with Crippen molar-refractivity contribution in [2.45, 2.75) is 20.3 Å². The van der Waals surface area contributed by atoms with Gasteiger partial charge < -0.3 is 9.88 Å². The highest BCUT2D eigenvalue weighted by Gasteiger charge is 2.21. The van der Waals surface area contributed by atoms with Crippen LogP contribution in [-0.2, 0) is 4.79 Å². The van der Waals surface area contributed by atoms with Crippen LogP contribution in [-0.4, -0.2) is 28.9 Å². The van der Waals surface area contributed by atoms with E-state index in [2.05, 4.69) is 11.1 Å². The fourth-order valence-electron chi connectivity index (χ4n) is 2.84. The Bertz CT molecular complexity index is 715. The van der Waals surface area contributed by atoms with Crippen LogP contribution in [0.25, 0.3) is 16.5 Å². The third kappa shape index (κ3) is 2.70. The van der Waals surface area contributed by atoms with E-state index in [-0.39, 0.29) is 11.8 Å². The lowest BCUT2D eigenvalue weighted by Gasteiger charge is -2.28. The number of hydrogen-bond donors (Lipinski definition) is 1. The van der Waals surface area contributed by atoms with Gasteiger partial charge >= 0.3 is 0 Å². The smallest absolute Gasteiger partial charge is 0.225 e. The van der Waals surface area contributed by atoms with Crippen LogP contribution in [0.1, 0.15) is 25.8 Å². The van der Waals surface area contributed by atoms with Gasteiger partial charge in [-0.2, -0.15) is 0 Å².